The summed E-state index contributed by atoms with van der Waals surface area (Å²) in [5.41, 5.74) is 1.05. The smallest absolute Gasteiger partial charge is 0.352 e. The highest BCUT2D eigenvalue weighted by Gasteiger charge is 2.59. The number of benzene rings is 1. The molecule has 2 atom stereocenters. The lowest BCUT2D eigenvalue weighted by Crippen LogP contribution is -2.71. The summed E-state index contributed by atoms with van der Waals surface area (Å²) in [5, 5.41) is 18.0. The third-order valence-corrected chi connectivity index (χ3v) is 8.59. The van der Waals surface area contributed by atoms with Gasteiger partial charge in [0.25, 0.3) is 17.7 Å². The van der Waals surface area contributed by atoms with Gasteiger partial charge in [-0.05, 0) is 24.6 Å². The number of hydrogen-bond acceptors (Lipinski definition) is 9. The van der Waals surface area contributed by atoms with Crippen LogP contribution in [0.3, 0.4) is 0 Å². The van der Waals surface area contributed by atoms with Gasteiger partial charge in [-0.15, -0.1) is 22.0 Å². The fourth-order valence-electron chi connectivity index (χ4n) is 3.83. The van der Waals surface area contributed by atoms with Crippen molar-refractivity contribution < 1.29 is 24.3 Å². The molecule has 3 aliphatic rings. The monoisotopic (exact) mass is 474 g/mol. The van der Waals surface area contributed by atoms with E-state index in [2.05, 4.69) is 10.2 Å². The summed E-state index contributed by atoms with van der Waals surface area (Å²) in [4.78, 5) is 52.8. The second-order valence-electron chi connectivity index (χ2n) is 7.01. The molecule has 1 aromatic heterocycles. The Balaban J connectivity index is 1.40. The van der Waals surface area contributed by atoms with Gasteiger partial charge in [-0.3, -0.25) is 24.2 Å². The van der Waals surface area contributed by atoms with E-state index in [4.69, 9.17) is 0 Å². The largest absolute Gasteiger partial charge is 0.477 e. The number of imide groups is 1. The molecule has 5 rings (SSSR count). The third-order valence-electron chi connectivity index (χ3n) is 5.20. The predicted molar refractivity (Wildman–Crippen MR) is 114 cm³/mol. The molecule has 1 aromatic carbocycles. The number of thioether (sulfide) groups is 2. The average molecular weight is 475 g/mol. The Morgan fingerprint density at radius 2 is 1.84 bits per heavy atom. The molecule has 31 heavy (non-hydrogen) atoms. The second kappa shape index (κ2) is 7.46. The first-order valence-electron chi connectivity index (χ1n) is 9.18. The van der Waals surface area contributed by atoms with Crippen LogP contribution in [0.4, 0.5) is 0 Å². The summed E-state index contributed by atoms with van der Waals surface area (Å²) in [7, 11) is 0. The second-order valence-corrected chi connectivity index (χ2v) is 10.5. The number of carbonyl (C=O) groups excluding carboxylic acids is 3. The maximum absolute atomic E-state index is 13.0. The molecule has 0 radical (unpaired) electrons. The van der Waals surface area contributed by atoms with E-state index in [0.29, 0.717) is 17.1 Å². The number of nitrogens with zero attached hydrogens (tertiary/aromatic N) is 4. The van der Waals surface area contributed by atoms with Crippen LogP contribution in [0.2, 0.25) is 0 Å². The van der Waals surface area contributed by atoms with Crippen LogP contribution in [0.15, 0.2) is 39.9 Å². The number of fused-ring (bicyclic) bond motifs is 2. The number of hydrogen-bond donors (Lipinski definition) is 1. The van der Waals surface area contributed by atoms with Gasteiger partial charge in [0.1, 0.15) is 22.1 Å². The van der Waals surface area contributed by atoms with Crippen molar-refractivity contribution in [1.82, 2.24) is 20.0 Å². The Morgan fingerprint density at radius 1 is 1.16 bits per heavy atom. The van der Waals surface area contributed by atoms with Crippen molar-refractivity contribution in [3.8, 4) is 0 Å². The Hall–Kier alpha value is -2.70. The van der Waals surface area contributed by atoms with Gasteiger partial charge in [-0.2, -0.15) is 0 Å². The standard InChI is InChI=1S/C19H14N4O5S3/c1-8-20-21-19(31-8)30-7-9-6-29-17-13(16(26)23(17)12(9)18(27)28)22-14(24)10-4-2-3-5-11(10)15(22)25/h2-5,13,17H,6-7H2,1H3,(H,27,28)/t13?,17-/m0/s1. The lowest BCUT2D eigenvalue weighted by Gasteiger charge is -2.51. The SMILES string of the molecule is Cc1nnc(SCC2=C(C(=O)O)N3C(=O)C(N4C(=O)c5ccccc5C4=O)[C@@H]3SC2)s1. The van der Waals surface area contributed by atoms with Crippen molar-refractivity contribution in [2.45, 2.75) is 22.7 Å². The molecule has 1 saturated heterocycles. The van der Waals surface area contributed by atoms with E-state index in [0.717, 1.165) is 14.2 Å². The molecule has 3 amide bonds. The van der Waals surface area contributed by atoms with E-state index < -0.39 is 35.1 Å². The highest BCUT2D eigenvalue weighted by molar-refractivity contribution is 8.01. The highest BCUT2D eigenvalue weighted by Crippen LogP contribution is 2.45. The van der Waals surface area contributed by atoms with Crippen LogP contribution in [0.25, 0.3) is 0 Å². The number of aryl methyl sites for hydroxylation is 1. The molecule has 0 bridgehead atoms. The summed E-state index contributed by atoms with van der Waals surface area (Å²) in [5.74, 6) is -2.07. The summed E-state index contributed by atoms with van der Waals surface area (Å²) >= 11 is 4.14. The number of rotatable bonds is 5. The minimum atomic E-state index is -1.21. The predicted octanol–water partition coefficient (Wildman–Crippen LogP) is 1.86. The van der Waals surface area contributed by atoms with Crippen molar-refractivity contribution in [3.05, 3.63) is 51.7 Å². The van der Waals surface area contributed by atoms with Gasteiger partial charge >= 0.3 is 5.97 Å². The summed E-state index contributed by atoms with van der Waals surface area (Å²) in [6, 6.07) is 5.42. The van der Waals surface area contributed by atoms with Crippen LogP contribution in [-0.4, -0.2) is 71.7 Å². The zero-order valence-corrected chi connectivity index (χ0v) is 18.4. The number of aromatic nitrogens is 2. The average Bonchev–Trinajstić information content (AvgIpc) is 3.28. The molecular weight excluding hydrogens is 460 g/mol. The van der Waals surface area contributed by atoms with Gasteiger partial charge in [0, 0.05) is 11.5 Å². The van der Waals surface area contributed by atoms with E-state index in [9.17, 15) is 24.3 Å². The van der Waals surface area contributed by atoms with Crippen LogP contribution in [-0.2, 0) is 9.59 Å². The zero-order chi connectivity index (χ0) is 21.9. The summed E-state index contributed by atoms with van der Waals surface area (Å²) in [6.45, 7) is 1.84. The quantitative estimate of drug-likeness (QED) is 0.393. The number of carboxylic acid groups (broad SMARTS) is 1. The van der Waals surface area contributed by atoms with Crippen LogP contribution in [0.5, 0.6) is 0 Å². The molecule has 3 aliphatic heterocycles. The van der Waals surface area contributed by atoms with Crippen LogP contribution in [0, 0.1) is 6.92 Å². The third kappa shape index (κ3) is 3.08. The van der Waals surface area contributed by atoms with Crippen molar-refractivity contribution >= 4 is 58.6 Å². The van der Waals surface area contributed by atoms with E-state index in [1.165, 1.54) is 39.8 Å². The minimum Gasteiger partial charge on any atom is -0.477 e. The topological polar surface area (TPSA) is 121 Å². The number of β-lactam (4-membered cyclic amide) rings is 1. The van der Waals surface area contributed by atoms with Gasteiger partial charge in [-0.1, -0.05) is 35.2 Å². The van der Waals surface area contributed by atoms with Gasteiger partial charge < -0.3 is 5.11 Å². The van der Waals surface area contributed by atoms with Gasteiger partial charge in [0.2, 0.25) is 0 Å². The fraction of sp³-hybridized carbons (Fsp3) is 0.263. The molecule has 4 heterocycles. The maximum atomic E-state index is 13.0. The molecule has 1 fully saturated rings. The summed E-state index contributed by atoms with van der Waals surface area (Å²) in [6.07, 6.45) is 0. The van der Waals surface area contributed by atoms with Gasteiger partial charge in [0.15, 0.2) is 4.34 Å². The highest BCUT2D eigenvalue weighted by atomic mass is 32.2. The molecule has 0 saturated carbocycles. The lowest BCUT2D eigenvalue weighted by atomic mass is 10.0. The van der Waals surface area contributed by atoms with Crippen molar-refractivity contribution in [2.75, 3.05) is 11.5 Å². The molecular formula is C19H14N4O5S3. The molecule has 9 nitrogen and oxygen atoms in total. The van der Waals surface area contributed by atoms with Crippen LogP contribution in [0.1, 0.15) is 25.7 Å². The Morgan fingerprint density at radius 3 is 2.42 bits per heavy atom. The normalized spacial score (nSPS) is 22.5. The first-order valence-corrected chi connectivity index (χ1v) is 12.0. The summed E-state index contributed by atoms with van der Waals surface area (Å²) < 4.78 is 0.723. The molecule has 1 N–H and O–H groups in total. The lowest BCUT2D eigenvalue weighted by molar-refractivity contribution is -0.151. The molecule has 12 heteroatoms. The Bertz CT molecular complexity index is 1160. The van der Waals surface area contributed by atoms with E-state index in [-0.39, 0.29) is 16.8 Å². The minimum absolute atomic E-state index is 0.0738. The Labute approximate surface area is 188 Å². The number of amides is 3. The molecule has 0 aliphatic carbocycles. The first kappa shape index (κ1) is 20.2. The molecule has 1 unspecified atom stereocenters. The van der Waals surface area contributed by atoms with Crippen LogP contribution < -0.4 is 0 Å². The molecule has 2 aromatic rings. The van der Waals surface area contributed by atoms with Gasteiger partial charge in [0.05, 0.1) is 11.1 Å². The number of aliphatic carboxylic acids is 1. The van der Waals surface area contributed by atoms with Crippen molar-refractivity contribution in [1.29, 1.82) is 0 Å². The van der Waals surface area contributed by atoms with Gasteiger partial charge in [-0.25, -0.2) is 4.79 Å². The fourth-order valence-corrected chi connectivity index (χ4v) is 7.17. The van der Waals surface area contributed by atoms with E-state index >= 15 is 0 Å². The van der Waals surface area contributed by atoms with Crippen molar-refractivity contribution in [2.24, 2.45) is 0 Å². The zero-order valence-electron chi connectivity index (χ0n) is 16.0. The number of carbonyl (C=O) groups is 4. The van der Waals surface area contributed by atoms with E-state index in [1.807, 2.05) is 6.92 Å². The first-order chi connectivity index (χ1) is 14.9. The van der Waals surface area contributed by atoms with Crippen LogP contribution >= 0.6 is 34.9 Å². The maximum Gasteiger partial charge on any atom is 0.352 e. The molecule has 0 spiro atoms. The molecule has 158 valence electrons. The van der Waals surface area contributed by atoms with E-state index in [1.54, 1.807) is 24.3 Å². The number of carboxylic acids is 1. The van der Waals surface area contributed by atoms with Crippen molar-refractivity contribution in [3.63, 3.8) is 0 Å². The Kier molecular flexibility index (Phi) is 4.87.